The van der Waals surface area contributed by atoms with Gasteiger partial charge >= 0.3 is 0 Å². The molecule has 1 atom stereocenters. The second-order valence-electron chi connectivity index (χ2n) is 5.40. The number of hydrogen-bond donors (Lipinski definition) is 1. The Morgan fingerprint density at radius 1 is 1.39 bits per heavy atom. The maximum absolute atomic E-state index is 11.8. The Morgan fingerprint density at radius 2 is 2.13 bits per heavy atom. The minimum atomic E-state index is 0.0670. The fraction of sp³-hybridized carbons (Fsp3) is 0.412. The third kappa shape index (κ3) is 5.92. The Balaban J connectivity index is 1.79. The van der Waals surface area contributed by atoms with Gasteiger partial charge in [-0.3, -0.25) is 4.79 Å². The molecule has 1 aromatic heterocycles. The smallest absolute Gasteiger partial charge is 0.230 e. The lowest BCUT2D eigenvalue weighted by molar-refractivity contribution is -0.119. The second kappa shape index (κ2) is 8.99. The predicted molar refractivity (Wildman–Crippen MR) is 95.6 cm³/mol. The molecule has 0 saturated carbocycles. The Morgan fingerprint density at radius 3 is 2.83 bits per heavy atom. The highest BCUT2D eigenvalue weighted by molar-refractivity contribution is 7.99. The number of hydrogen-bond acceptors (Lipinski definition) is 4. The molecule has 6 heteroatoms. The number of halogens is 1. The summed E-state index contributed by atoms with van der Waals surface area (Å²) in [6.45, 7) is 4.14. The number of oxazole rings is 1. The van der Waals surface area contributed by atoms with Crippen molar-refractivity contribution in [3.63, 3.8) is 0 Å². The van der Waals surface area contributed by atoms with E-state index in [2.05, 4.69) is 17.2 Å². The van der Waals surface area contributed by atoms with Crippen LogP contribution in [0.15, 0.2) is 34.9 Å². The van der Waals surface area contributed by atoms with Crippen molar-refractivity contribution in [2.75, 3.05) is 5.75 Å². The van der Waals surface area contributed by atoms with Crippen LogP contribution in [0.1, 0.15) is 32.4 Å². The van der Waals surface area contributed by atoms with Crippen LogP contribution in [0.25, 0.3) is 11.5 Å². The fourth-order valence-corrected chi connectivity index (χ4v) is 3.01. The van der Waals surface area contributed by atoms with Gasteiger partial charge in [0.2, 0.25) is 11.8 Å². The summed E-state index contributed by atoms with van der Waals surface area (Å²) in [5.74, 6) is 1.71. The van der Waals surface area contributed by atoms with Crippen molar-refractivity contribution < 1.29 is 9.21 Å². The van der Waals surface area contributed by atoms with Crippen LogP contribution < -0.4 is 5.32 Å². The van der Waals surface area contributed by atoms with Gasteiger partial charge in [0.25, 0.3) is 0 Å². The Kier molecular flexibility index (Phi) is 6.99. The number of carbonyl (C=O) groups is 1. The van der Waals surface area contributed by atoms with Gasteiger partial charge in [0, 0.05) is 22.4 Å². The molecule has 0 bridgehead atoms. The minimum absolute atomic E-state index is 0.0670. The summed E-state index contributed by atoms with van der Waals surface area (Å²) in [6.07, 6.45) is 3.71. The molecule has 1 aromatic carbocycles. The molecular weight excluding hydrogens is 332 g/mol. The molecule has 1 N–H and O–H groups in total. The van der Waals surface area contributed by atoms with E-state index in [0.29, 0.717) is 22.4 Å². The van der Waals surface area contributed by atoms with Crippen molar-refractivity contribution in [3.05, 3.63) is 41.2 Å². The maximum atomic E-state index is 11.8. The molecule has 124 valence electrons. The average molecular weight is 353 g/mol. The van der Waals surface area contributed by atoms with E-state index in [1.165, 1.54) is 11.8 Å². The molecule has 0 spiro atoms. The first-order valence-corrected chi connectivity index (χ1v) is 9.19. The van der Waals surface area contributed by atoms with Gasteiger partial charge in [-0.15, -0.1) is 11.8 Å². The van der Waals surface area contributed by atoms with Crippen LogP contribution in [-0.4, -0.2) is 22.7 Å². The molecule has 2 rings (SSSR count). The summed E-state index contributed by atoms with van der Waals surface area (Å²) in [7, 11) is 0. The van der Waals surface area contributed by atoms with Crippen LogP contribution in [0.4, 0.5) is 0 Å². The van der Waals surface area contributed by atoms with Gasteiger partial charge in [-0.1, -0.05) is 24.9 Å². The number of benzene rings is 1. The number of rotatable bonds is 8. The maximum Gasteiger partial charge on any atom is 0.230 e. The quantitative estimate of drug-likeness (QED) is 0.758. The van der Waals surface area contributed by atoms with Crippen LogP contribution >= 0.6 is 23.4 Å². The van der Waals surface area contributed by atoms with Crippen LogP contribution in [-0.2, 0) is 10.5 Å². The van der Waals surface area contributed by atoms with Gasteiger partial charge in [0.1, 0.15) is 6.26 Å². The summed E-state index contributed by atoms with van der Waals surface area (Å²) in [6, 6.07) is 7.58. The molecule has 1 amide bonds. The molecule has 0 aliphatic rings. The first kappa shape index (κ1) is 17.9. The summed E-state index contributed by atoms with van der Waals surface area (Å²) in [5, 5.41) is 3.67. The standard InChI is InChI=1S/C17H21ClN2O2S/c1-3-4-12(2)19-16(21)11-23-10-15-9-22-17(20-15)13-5-7-14(18)8-6-13/h5-9,12H,3-4,10-11H2,1-2H3,(H,19,21)/t12-/m1/s1. The van der Waals surface area contributed by atoms with Crippen molar-refractivity contribution in [1.29, 1.82) is 0 Å². The molecule has 2 aromatic rings. The first-order valence-electron chi connectivity index (χ1n) is 7.66. The van der Waals surface area contributed by atoms with E-state index in [4.69, 9.17) is 16.0 Å². The van der Waals surface area contributed by atoms with E-state index in [0.717, 1.165) is 24.1 Å². The third-order valence-electron chi connectivity index (χ3n) is 3.26. The normalized spacial score (nSPS) is 12.1. The van der Waals surface area contributed by atoms with E-state index in [1.807, 2.05) is 19.1 Å². The Labute approximate surface area is 146 Å². The third-order valence-corrected chi connectivity index (χ3v) is 4.47. The number of carbonyl (C=O) groups excluding carboxylic acids is 1. The summed E-state index contributed by atoms with van der Waals surface area (Å²) >= 11 is 7.40. The van der Waals surface area contributed by atoms with Gasteiger partial charge in [0.05, 0.1) is 11.4 Å². The number of aromatic nitrogens is 1. The average Bonchev–Trinajstić information content (AvgIpc) is 2.97. The number of nitrogens with zero attached hydrogens (tertiary/aromatic N) is 1. The highest BCUT2D eigenvalue weighted by Crippen LogP contribution is 2.22. The SMILES string of the molecule is CCC[C@@H](C)NC(=O)CSCc1coc(-c2ccc(Cl)cc2)n1. The zero-order chi connectivity index (χ0) is 16.7. The fourth-order valence-electron chi connectivity index (χ4n) is 2.17. The van der Waals surface area contributed by atoms with Gasteiger partial charge in [0.15, 0.2) is 0 Å². The summed E-state index contributed by atoms with van der Waals surface area (Å²) in [5.41, 5.74) is 1.71. The largest absolute Gasteiger partial charge is 0.444 e. The van der Waals surface area contributed by atoms with Crippen molar-refractivity contribution in [3.8, 4) is 11.5 Å². The zero-order valence-corrected chi connectivity index (χ0v) is 14.9. The van der Waals surface area contributed by atoms with Crippen molar-refractivity contribution in [2.45, 2.75) is 38.5 Å². The molecule has 0 fully saturated rings. The van der Waals surface area contributed by atoms with Crippen LogP contribution in [0.5, 0.6) is 0 Å². The molecule has 0 aliphatic carbocycles. The number of amides is 1. The summed E-state index contributed by atoms with van der Waals surface area (Å²) in [4.78, 5) is 16.2. The summed E-state index contributed by atoms with van der Waals surface area (Å²) < 4.78 is 5.48. The van der Waals surface area contributed by atoms with E-state index in [9.17, 15) is 4.79 Å². The van der Waals surface area contributed by atoms with Crippen LogP contribution in [0, 0.1) is 0 Å². The second-order valence-corrected chi connectivity index (χ2v) is 6.82. The van der Waals surface area contributed by atoms with Gasteiger partial charge < -0.3 is 9.73 Å². The highest BCUT2D eigenvalue weighted by Gasteiger charge is 2.09. The van der Waals surface area contributed by atoms with Gasteiger partial charge in [-0.25, -0.2) is 4.98 Å². The van der Waals surface area contributed by atoms with E-state index in [1.54, 1.807) is 18.4 Å². The van der Waals surface area contributed by atoms with E-state index in [-0.39, 0.29) is 11.9 Å². The van der Waals surface area contributed by atoms with Crippen LogP contribution in [0.2, 0.25) is 5.02 Å². The lowest BCUT2D eigenvalue weighted by Crippen LogP contribution is -2.33. The molecule has 0 radical (unpaired) electrons. The first-order chi connectivity index (χ1) is 11.1. The van der Waals surface area contributed by atoms with Crippen molar-refractivity contribution in [2.24, 2.45) is 0 Å². The lowest BCUT2D eigenvalue weighted by atomic mass is 10.2. The molecular formula is C17H21ClN2O2S. The van der Waals surface area contributed by atoms with Gasteiger partial charge in [-0.2, -0.15) is 0 Å². The molecule has 0 unspecified atom stereocenters. The molecule has 0 saturated heterocycles. The number of thioether (sulfide) groups is 1. The number of nitrogens with one attached hydrogen (secondary N) is 1. The molecule has 4 nitrogen and oxygen atoms in total. The lowest BCUT2D eigenvalue weighted by Gasteiger charge is -2.12. The zero-order valence-electron chi connectivity index (χ0n) is 13.3. The molecule has 23 heavy (non-hydrogen) atoms. The molecule has 1 heterocycles. The Bertz CT molecular complexity index is 628. The van der Waals surface area contributed by atoms with Crippen LogP contribution in [0.3, 0.4) is 0 Å². The molecule has 0 aliphatic heterocycles. The van der Waals surface area contributed by atoms with Crippen molar-refractivity contribution in [1.82, 2.24) is 10.3 Å². The topological polar surface area (TPSA) is 55.1 Å². The van der Waals surface area contributed by atoms with Gasteiger partial charge in [-0.05, 0) is 37.6 Å². The van der Waals surface area contributed by atoms with Crippen molar-refractivity contribution >= 4 is 29.3 Å². The highest BCUT2D eigenvalue weighted by atomic mass is 35.5. The minimum Gasteiger partial charge on any atom is -0.444 e. The van der Waals surface area contributed by atoms with E-state index < -0.39 is 0 Å². The predicted octanol–water partition coefficient (Wildman–Crippen LogP) is 4.53. The Hall–Kier alpha value is -1.46. The monoisotopic (exact) mass is 352 g/mol. The van der Waals surface area contributed by atoms with E-state index >= 15 is 0 Å².